The third-order valence-corrected chi connectivity index (χ3v) is 4.99. The van der Waals surface area contributed by atoms with E-state index in [2.05, 4.69) is 20.6 Å². The number of amides is 1. The minimum atomic E-state index is -0.678. The van der Waals surface area contributed by atoms with Crippen molar-refractivity contribution in [1.29, 1.82) is 0 Å². The number of aromatic nitrogens is 4. The molecule has 33 heavy (non-hydrogen) atoms. The Kier molecular flexibility index (Phi) is 7.83. The fraction of sp³-hybridized carbons (Fsp3) is 0.400. The molecule has 0 spiro atoms. The van der Waals surface area contributed by atoms with Crippen molar-refractivity contribution in [3.63, 3.8) is 0 Å². The molecule has 0 radical (unpaired) electrons. The van der Waals surface area contributed by atoms with Crippen LogP contribution >= 0.6 is 11.6 Å². The number of nitro groups is 1. The van der Waals surface area contributed by atoms with Crippen molar-refractivity contribution < 1.29 is 23.7 Å². The maximum absolute atomic E-state index is 12.3. The second kappa shape index (κ2) is 10.8. The second-order valence-corrected chi connectivity index (χ2v) is 7.18. The Labute approximate surface area is 194 Å². The Hall–Kier alpha value is -3.67. The average Bonchev–Trinajstić information content (AvgIpc) is 3.36. The molecule has 13 heteroatoms. The molecular formula is C20H23ClN6O6. The number of carbonyl (C=O) groups excluding carboxylic acids is 1. The van der Waals surface area contributed by atoms with E-state index in [1.54, 1.807) is 6.92 Å². The molecule has 3 aromatic rings. The molecule has 0 saturated heterocycles. The molecule has 1 aromatic carbocycles. The monoisotopic (exact) mass is 478 g/mol. The lowest BCUT2D eigenvalue weighted by Crippen LogP contribution is -2.26. The summed E-state index contributed by atoms with van der Waals surface area (Å²) in [6.07, 6.45) is 0.549. The van der Waals surface area contributed by atoms with Crippen molar-refractivity contribution in [2.75, 3.05) is 19.8 Å². The van der Waals surface area contributed by atoms with E-state index in [4.69, 9.17) is 25.6 Å². The van der Waals surface area contributed by atoms with E-state index in [0.29, 0.717) is 43.4 Å². The quantitative estimate of drug-likeness (QED) is 0.324. The van der Waals surface area contributed by atoms with E-state index in [0.717, 1.165) is 5.56 Å². The van der Waals surface area contributed by atoms with Crippen molar-refractivity contribution in [3.8, 4) is 11.5 Å². The molecule has 2 aromatic heterocycles. The standard InChI is InChI=1S/C20H23ClN6O6/c1-4-31-14-7-6-13(10-15(14)32-5-2)8-9-22-19(28)20-23-16(25-33-20)11-26-12(3)17(21)18(24-26)27(29)30/h6-7,10H,4-5,8-9,11H2,1-3H3,(H,22,28). The summed E-state index contributed by atoms with van der Waals surface area (Å²) in [4.78, 5) is 26.7. The number of halogens is 1. The molecule has 0 atom stereocenters. The van der Waals surface area contributed by atoms with E-state index in [1.165, 1.54) is 4.68 Å². The first kappa shape index (κ1) is 24.0. The molecule has 0 fully saturated rings. The van der Waals surface area contributed by atoms with Crippen LogP contribution in [-0.2, 0) is 13.0 Å². The van der Waals surface area contributed by atoms with Gasteiger partial charge in [-0.3, -0.25) is 4.79 Å². The zero-order valence-corrected chi connectivity index (χ0v) is 19.1. The minimum Gasteiger partial charge on any atom is -0.490 e. The lowest BCUT2D eigenvalue weighted by atomic mass is 10.1. The second-order valence-electron chi connectivity index (χ2n) is 6.81. The Bertz CT molecular complexity index is 1140. The number of nitrogens with one attached hydrogen (secondary N) is 1. The van der Waals surface area contributed by atoms with Crippen molar-refractivity contribution in [2.24, 2.45) is 0 Å². The maximum Gasteiger partial charge on any atom is 0.408 e. The molecule has 3 rings (SSSR count). The lowest BCUT2D eigenvalue weighted by Gasteiger charge is -2.12. The van der Waals surface area contributed by atoms with Gasteiger partial charge in [0, 0.05) is 6.54 Å². The fourth-order valence-electron chi connectivity index (χ4n) is 2.97. The summed E-state index contributed by atoms with van der Waals surface area (Å²) >= 11 is 5.92. The first-order valence-electron chi connectivity index (χ1n) is 10.2. The number of carbonyl (C=O) groups is 1. The molecule has 2 heterocycles. The van der Waals surface area contributed by atoms with Gasteiger partial charge in [-0.05, 0) is 49.8 Å². The van der Waals surface area contributed by atoms with Crippen molar-refractivity contribution in [2.45, 2.75) is 33.7 Å². The van der Waals surface area contributed by atoms with Crippen molar-refractivity contribution in [1.82, 2.24) is 25.2 Å². The van der Waals surface area contributed by atoms with Crippen molar-refractivity contribution in [3.05, 3.63) is 56.3 Å². The minimum absolute atomic E-state index is 0.0391. The van der Waals surface area contributed by atoms with E-state index in [1.807, 2.05) is 32.0 Å². The molecule has 0 saturated carbocycles. The van der Waals surface area contributed by atoms with E-state index >= 15 is 0 Å². The predicted octanol–water partition coefficient (Wildman–Crippen LogP) is 2.95. The third kappa shape index (κ3) is 5.77. The highest BCUT2D eigenvalue weighted by atomic mass is 35.5. The van der Waals surface area contributed by atoms with Gasteiger partial charge in [-0.1, -0.05) is 22.8 Å². The van der Waals surface area contributed by atoms with Gasteiger partial charge in [0.25, 0.3) is 0 Å². The molecule has 176 valence electrons. The SMILES string of the molecule is CCOc1ccc(CCNC(=O)c2nc(Cn3nc([N+](=O)[O-])c(Cl)c3C)no2)cc1OCC. The van der Waals surface area contributed by atoms with Gasteiger partial charge < -0.3 is 29.4 Å². The Morgan fingerprint density at radius 2 is 2.00 bits per heavy atom. The van der Waals surface area contributed by atoms with Gasteiger partial charge in [-0.2, -0.15) is 9.67 Å². The van der Waals surface area contributed by atoms with Crippen LogP contribution in [0.15, 0.2) is 22.7 Å². The number of hydrogen-bond acceptors (Lipinski definition) is 9. The molecule has 0 bridgehead atoms. The molecule has 12 nitrogen and oxygen atoms in total. The van der Waals surface area contributed by atoms with Gasteiger partial charge in [0.15, 0.2) is 22.3 Å². The first-order valence-corrected chi connectivity index (χ1v) is 10.6. The molecule has 1 N–H and O–H groups in total. The Morgan fingerprint density at radius 3 is 2.67 bits per heavy atom. The topological polar surface area (TPSA) is 147 Å². The van der Waals surface area contributed by atoms with Crippen LogP contribution in [0.1, 0.15) is 41.6 Å². The molecular weight excluding hydrogens is 456 g/mol. The number of rotatable bonds is 11. The van der Waals surface area contributed by atoms with Crippen molar-refractivity contribution >= 4 is 23.3 Å². The normalized spacial score (nSPS) is 10.8. The third-order valence-electron chi connectivity index (χ3n) is 4.55. The highest BCUT2D eigenvalue weighted by molar-refractivity contribution is 6.33. The van der Waals surface area contributed by atoms with Crippen LogP contribution in [0, 0.1) is 17.0 Å². The molecule has 0 aliphatic rings. The molecule has 0 unspecified atom stereocenters. The van der Waals surface area contributed by atoms with Crippen LogP contribution in [-0.4, -0.2) is 50.5 Å². The number of nitrogens with zero attached hydrogens (tertiary/aromatic N) is 5. The van der Waals surface area contributed by atoms with Gasteiger partial charge in [0.2, 0.25) is 0 Å². The Balaban J connectivity index is 1.58. The van der Waals surface area contributed by atoms with Gasteiger partial charge in [-0.15, -0.1) is 0 Å². The zero-order valence-electron chi connectivity index (χ0n) is 18.3. The van der Waals surface area contributed by atoms with Crippen LogP contribution in [0.3, 0.4) is 0 Å². The van der Waals surface area contributed by atoms with Crippen LogP contribution < -0.4 is 14.8 Å². The van der Waals surface area contributed by atoms with E-state index < -0.39 is 16.6 Å². The number of benzene rings is 1. The summed E-state index contributed by atoms with van der Waals surface area (Å²) < 4.78 is 17.4. The van der Waals surface area contributed by atoms with Crippen LogP contribution in [0.2, 0.25) is 5.02 Å². The predicted molar refractivity (Wildman–Crippen MR) is 117 cm³/mol. The van der Waals surface area contributed by atoms with Gasteiger partial charge >= 0.3 is 17.6 Å². The molecule has 0 aliphatic heterocycles. The summed E-state index contributed by atoms with van der Waals surface area (Å²) in [6.45, 7) is 6.71. The summed E-state index contributed by atoms with van der Waals surface area (Å²) in [5.41, 5.74) is 1.34. The summed E-state index contributed by atoms with van der Waals surface area (Å²) in [5.74, 6) is 0.231. The van der Waals surface area contributed by atoms with Gasteiger partial charge in [0.05, 0.1) is 24.0 Å². The first-order chi connectivity index (χ1) is 15.8. The Morgan fingerprint density at radius 1 is 1.27 bits per heavy atom. The molecule has 1 amide bonds. The van der Waals surface area contributed by atoms with Crippen LogP contribution in [0.5, 0.6) is 11.5 Å². The molecule has 0 aliphatic carbocycles. The maximum atomic E-state index is 12.3. The fourth-order valence-corrected chi connectivity index (χ4v) is 3.17. The van der Waals surface area contributed by atoms with E-state index in [9.17, 15) is 14.9 Å². The van der Waals surface area contributed by atoms with Crippen LogP contribution in [0.25, 0.3) is 0 Å². The highest BCUT2D eigenvalue weighted by Gasteiger charge is 2.25. The zero-order chi connectivity index (χ0) is 24.0. The number of hydrogen-bond donors (Lipinski definition) is 1. The van der Waals surface area contributed by atoms with Crippen LogP contribution in [0.4, 0.5) is 5.82 Å². The van der Waals surface area contributed by atoms with E-state index in [-0.39, 0.29) is 23.3 Å². The van der Waals surface area contributed by atoms with Gasteiger partial charge in [-0.25, -0.2) is 0 Å². The lowest BCUT2D eigenvalue weighted by molar-refractivity contribution is -0.389. The highest BCUT2D eigenvalue weighted by Crippen LogP contribution is 2.29. The van der Waals surface area contributed by atoms with Gasteiger partial charge in [0.1, 0.15) is 6.54 Å². The summed E-state index contributed by atoms with van der Waals surface area (Å²) in [6, 6.07) is 5.62. The summed E-state index contributed by atoms with van der Waals surface area (Å²) in [7, 11) is 0. The smallest absolute Gasteiger partial charge is 0.408 e. The summed E-state index contributed by atoms with van der Waals surface area (Å²) in [5, 5.41) is 21.2. The largest absolute Gasteiger partial charge is 0.490 e. The average molecular weight is 479 g/mol. The number of ether oxygens (including phenoxy) is 2.